The number of methoxy groups -OCH3 is 1. The van der Waals surface area contributed by atoms with Gasteiger partial charge in [-0.2, -0.15) is 0 Å². The van der Waals surface area contributed by atoms with Gasteiger partial charge in [0.2, 0.25) is 0 Å². The summed E-state index contributed by atoms with van der Waals surface area (Å²) in [6.45, 7) is 7.53. The molecule has 1 aliphatic heterocycles. The first-order valence-corrected chi connectivity index (χ1v) is 13.5. The van der Waals surface area contributed by atoms with Crippen molar-refractivity contribution < 1.29 is 9.53 Å². The van der Waals surface area contributed by atoms with Crippen molar-refractivity contribution in [2.45, 2.75) is 37.2 Å². The van der Waals surface area contributed by atoms with Gasteiger partial charge in [0.15, 0.2) is 5.16 Å². The fraction of sp³-hybridized carbons (Fsp3) is 0.370. The molecule has 1 N–H and O–H groups in total. The summed E-state index contributed by atoms with van der Waals surface area (Å²) in [4.78, 5) is 26.3. The van der Waals surface area contributed by atoms with Gasteiger partial charge < -0.3 is 19.9 Å². The maximum atomic E-state index is 12.5. The number of hydrogen-bond acceptors (Lipinski definition) is 7. The number of amides is 1. The van der Waals surface area contributed by atoms with Crippen molar-refractivity contribution in [2.24, 2.45) is 0 Å². The third-order valence-corrected chi connectivity index (χ3v) is 7.36. The molecule has 0 spiro atoms. The molecule has 9 heteroatoms. The van der Waals surface area contributed by atoms with Crippen LogP contribution in [0.5, 0.6) is 5.75 Å². The molecule has 0 aliphatic carbocycles. The molecule has 1 amide bonds. The number of carbonyl (C=O) groups is 1. The number of piperazine rings is 1. The van der Waals surface area contributed by atoms with E-state index in [4.69, 9.17) is 21.3 Å². The van der Waals surface area contributed by atoms with E-state index in [0.29, 0.717) is 21.6 Å². The molecule has 1 saturated heterocycles. The van der Waals surface area contributed by atoms with Crippen LogP contribution in [0.15, 0.2) is 59.8 Å². The van der Waals surface area contributed by atoms with Crippen LogP contribution < -0.4 is 19.9 Å². The molecule has 2 aromatic carbocycles. The third-order valence-electron chi connectivity index (χ3n) is 6.25. The van der Waals surface area contributed by atoms with Gasteiger partial charge in [-0.15, -0.1) is 0 Å². The third kappa shape index (κ3) is 6.83. The van der Waals surface area contributed by atoms with Crippen LogP contribution in [-0.2, 0) is 5.75 Å². The lowest BCUT2D eigenvalue weighted by Crippen LogP contribution is -2.46. The van der Waals surface area contributed by atoms with E-state index in [9.17, 15) is 4.79 Å². The Morgan fingerprint density at radius 2 is 1.81 bits per heavy atom. The van der Waals surface area contributed by atoms with Gasteiger partial charge in [0.1, 0.15) is 16.7 Å². The van der Waals surface area contributed by atoms with Gasteiger partial charge in [-0.1, -0.05) is 42.4 Å². The lowest BCUT2D eigenvalue weighted by Gasteiger charge is -2.36. The average molecular weight is 526 g/mol. The lowest BCUT2D eigenvalue weighted by atomic mass is 10.1. The van der Waals surface area contributed by atoms with E-state index in [1.165, 1.54) is 17.4 Å². The van der Waals surface area contributed by atoms with E-state index < -0.39 is 0 Å². The summed E-state index contributed by atoms with van der Waals surface area (Å²) in [6.07, 6.45) is 0.895. The number of nitrogens with zero attached hydrogens (tertiary/aromatic N) is 4. The van der Waals surface area contributed by atoms with Crippen molar-refractivity contribution in [1.29, 1.82) is 0 Å². The zero-order valence-corrected chi connectivity index (χ0v) is 22.5. The molecule has 7 nitrogen and oxygen atoms in total. The number of benzene rings is 2. The minimum Gasteiger partial charge on any atom is -0.497 e. The van der Waals surface area contributed by atoms with Crippen LogP contribution in [0.3, 0.4) is 0 Å². The molecule has 1 aliphatic rings. The second-order valence-electron chi connectivity index (χ2n) is 8.78. The Labute approximate surface area is 222 Å². The van der Waals surface area contributed by atoms with E-state index in [1.807, 2.05) is 49.4 Å². The molecular weight excluding hydrogens is 494 g/mol. The summed E-state index contributed by atoms with van der Waals surface area (Å²) >= 11 is 7.88. The number of carbonyl (C=O) groups excluding carboxylic acids is 1. The Kier molecular flexibility index (Phi) is 8.93. The first kappa shape index (κ1) is 26.1. The van der Waals surface area contributed by atoms with Gasteiger partial charge in [-0.25, -0.2) is 9.97 Å². The second-order valence-corrected chi connectivity index (χ2v) is 10.1. The van der Waals surface area contributed by atoms with Crippen LogP contribution in [0.25, 0.3) is 0 Å². The van der Waals surface area contributed by atoms with Crippen LogP contribution >= 0.6 is 23.4 Å². The number of rotatable bonds is 9. The van der Waals surface area contributed by atoms with E-state index in [0.717, 1.165) is 49.7 Å². The van der Waals surface area contributed by atoms with Gasteiger partial charge in [0.05, 0.1) is 7.11 Å². The summed E-state index contributed by atoms with van der Waals surface area (Å²) in [5, 5.41) is 4.08. The molecule has 0 bridgehead atoms. The molecule has 36 heavy (non-hydrogen) atoms. The van der Waals surface area contributed by atoms with Crippen LogP contribution in [0.2, 0.25) is 5.15 Å². The minimum absolute atomic E-state index is 0.0497. The molecule has 1 fully saturated rings. The van der Waals surface area contributed by atoms with Crippen molar-refractivity contribution in [3.8, 4) is 5.75 Å². The zero-order chi connectivity index (χ0) is 25.5. The highest BCUT2D eigenvalue weighted by Gasteiger charge is 2.20. The predicted octanol–water partition coefficient (Wildman–Crippen LogP) is 5.29. The van der Waals surface area contributed by atoms with Gasteiger partial charge in [0.25, 0.3) is 5.91 Å². The Morgan fingerprint density at radius 1 is 1.08 bits per heavy atom. The van der Waals surface area contributed by atoms with Crippen molar-refractivity contribution >= 4 is 40.8 Å². The summed E-state index contributed by atoms with van der Waals surface area (Å²) in [5.74, 6) is 2.30. The van der Waals surface area contributed by atoms with Crippen LogP contribution in [0.4, 0.5) is 11.5 Å². The Balaban J connectivity index is 1.36. The number of aromatic nitrogens is 2. The summed E-state index contributed by atoms with van der Waals surface area (Å²) in [6, 6.07) is 17.8. The molecular formula is C27H32ClN5O2S. The largest absolute Gasteiger partial charge is 0.497 e. The smallest absolute Gasteiger partial charge is 0.251 e. The van der Waals surface area contributed by atoms with E-state index >= 15 is 0 Å². The zero-order valence-electron chi connectivity index (χ0n) is 20.9. The Bertz CT molecular complexity index is 1170. The number of halogens is 1. The maximum absolute atomic E-state index is 12.5. The minimum atomic E-state index is -0.0497. The SMILES string of the molecule is CCC(C)NC(=O)c1cccc(CSc2nc(Cl)cc(N3CCN(c4ccc(OC)cc4)CC3)n2)c1. The van der Waals surface area contributed by atoms with E-state index in [2.05, 4.69) is 39.2 Å². The lowest BCUT2D eigenvalue weighted by molar-refractivity contribution is 0.0939. The van der Waals surface area contributed by atoms with Crippen molar-refractivity contribution in [3.05, 3.63) is 70.9 Å². The quantitative estimate of drug-likeness (QED) is 0.231. The highest BCUT2D eigenvalue weighted by atomic mass is 35.5. The van der Waals surface area contributed by atoms with Gasteiger partial charge in [-0.3, -0.25) is 4.79 Å². The molecule has 190 valence electrons. The Hall–Kier alpha value is -2.97. The van der Waals surface area contributed by atoms with Gasteiger partial charge in [-0.05, 0) is 55.3 Å². The molecule has 1 atom stereocenters. The molecule has 0 radical (unpaired) electrons. The number of nitrogens with one attached hydrogen (secondary N) is 1. The standard InChI is InChI=1S/C27H32ClN5O2S/c1-4-19(2)29-26(34)21-7-5-6-20(16-21)18-36-27-30-24(28)17-25(31-27)33-14-12-32(13-15-33)22-8-10-23(35-3)11-9-22/h5-11,16-17,19H,4,12-15,18H2,1-3H3,(H,29,34). The molecule has 4 rings (SSSR count). The highest BCUT2D eigenvalue weighted by Crippen LogP contribution is 2.27. The summed E-state index contributed by atoms with van der Waals surface area (Å²) < 4.78 is 5.26. The number of ether oxygens (including phenoxy) is 1. The molecule has 1 aromatic heterocycles. The van der Waals surface area contributed by atoms with Gasteiger partial charge in [0, 0.05) is 55.3 Å². The molecule has 1 unspecified atom stereocenters. The fourth-order valence-electron chi connectivity index (χ4n) is 3.96. The Morgan fingerprint density at radius 3 is 2.50 bits per heavy atom. The topological polar surface area (TPSA) is 70.6 Å². The highest BCUT2D eigenvalue weighted by molar-refractivity contribution is 7.98. The summed E-state index contributed by atoms with van der Waals surface area (Å²) in [7, 11) is 1.68. The number of hydrogen-bond donors (Lipinski definition) is 1. The normalized spacial score (nSPS) is 14.4. The predicted molar refractivity (Wildman–Crippen MR) is 148 cm³/mol. The van der Waals surface area contributed by atoms with Crippen molar-refractivity contribution in [2.75, 3.05) is 43.1 Å². The number of thioether (sulfide) groups is 1. The van der Waals surface area contributed by atoms with E-state index in [1.54, 1.807) is 7.11 Å². The van der Waals surface area contributed by atoms with Crippen molar-refractivity contribution in [3.63, 3.8) is 0 Å². The van der Waals surface area contributed by atoms with Crippen LogP contribution in [0.1, 0.15) is 36.2 Å². The molecule has 3 aromatic rings. The monoisotopic (exact) mass is 525 g/mol. The van der Waals surface area contributed by atoms with Crippen LogP contribution in [-0.4, -0.2) is 55.2 Å². The molecule has 0 saturated carbocycles. The number of anilines is 2. The van der Waals surface area contributed by atoms with E-state index in [-0.39, 0.29) is 11.9 Å². The summed E-state index contributed by atoms with van der Waals surface area (Å²) in [5.41, 5.74) is 2.89. The first-order valence-electron chi connectivity index (χ1n) is 12.2. The maximum Gasteiger partial charge on any atom is 0.251 e. The first-order chi connectivity index (χ1) is 17.4. The van der Waals surface area contributed by atoms with Gasteiger partial charge >= 0.3 is 0 Å². The van der Waals surface area contributed by atoms with Crippen molar-refractivity contribution in [1.82, 2.24) is 15.3 Å². The van der Waals surface area contributed by atoms with Crippen LogP contribution in [0, 0.1) is 0 Å². The average Bonchev–Trinajstić information content (AvgIpc) is 2.92. The second kappa shape index (κ2) is 12.3. The fourth-order valence-corrected chi connectivity index (χ4v) is 4.98. The molecule has 2 heterocycles.